The topological polar surface area (TPSA) is 80.0 Å². The van der Waals surface area contributed by atoms with E-state index >= 15 is 0 Å². The highest BCUT2D eigenvalue weighted by Gasteiger charge is 2.07. The summed E-state index contributed by atoms with van der Waals surface area (Å²) in [6.45, 7) is 5.96. The standard InChI is InChI=1S/C19H25N7S.HI/c1-14-11-21-18(27-14)9-10-20-19(22-12-16-7-5-4-6-8-16)23-13-17-25-24-15(2)26(17)3;/h4-8,11H,9-10,12-13H2,1-3H3,(H2,20,22,23);1H. The Morgan fingerprint density at radius 1 is 1.14 bits per heavy atom. The molecule has 3 aromatic rings. The van der Waals surface area contributed by atoms with E-state index in [0.717, 1.165) is 35.6 Å². The molecule has 0 spiro atoms. The Bertz CT molecular complexity index is 889. The molecule has 0 unspecified atom stereocenters. The predicted molar refractivity (Wildman–Crippen MR) is 124 cm³/mol. The van der Waals surface area contributed by atoms with Crippen molar-refractivity contribution < 1.29 is 0 Å². The monoisotopic (exact) mass is 511 g/mol. The molecule has 28 heavy (non-hydrogen) atoms. The van der Waals surface area contributed by atoms with Gasteiger partial charge in [-0.05, 0) is 19.4 Å². The number of hydrogen-bond donors (Lipinski definition) is 2. The number of nitrogens with zero attached hydrogens (tertiary/aromatic N) is 5. The zero-order valence-electron chi connectivity index (χ0n) is 16.3. The number of guanidine groups is 1. The molecule has 0 aliphatic heterocycles. The second-order valence-corrected chi connectivity index (χ2v) is 7.59. The van der Waals surface area contributed by atoms with E-state index in [9.17, 15) is 0 Å². The molecule has 0 bridgehead atoms. The van der Waals surface area contributed by atoms with Crippen LogP contribution in [-0.2, 0) is 26.6 Å². The molecule has 9 heteroatoms. The van der Waals surface area contributed by atoms with Crippen LogP contribution in [0.25, 0.3) is 0 Å². The molecule has 0 amide bonds. The van der Waals surface area contributed by atoms with Crippen molar-refractivity contribution in [1.29, 1.82) is 0 Å². The van der Waals surface area contributed by atoms with Gasteiger partial charge in [0.25, 0.3) is 0 Å². The van der Waals surface area contributed by atoms with E-state index < -0.39 is 0 Å². The van der Waals surface area contributed by atoms with Gasteiger partial charge in [0.05, 0.1) is 18.1 Å². The SMILES string of the molecule is Cc1cnc(CCNC(=NCc2ccccc2)NCc2nnc(C)n2C)s1.I. The zero-order chi connectivity index (χ0) is 19.1. The minimum atomic E-state index is 0. The summed E-state index contributed by atoms with van der Waals surface area (Å²) in [5, 5.41) is 16.2. The van der Waals surface area contributed by atoms with Crippen molar-refractivity contribution in [3.63, 3.8) is 0 Å². The minimum Gasteiger partial charge on any atom is -0.356 e. The lowest BCUT2D eigenvalue weighted by molar-refractivity contribution is 0.712. The maximum absolute atomic E-state index is 4.70. The Labute approximate surface area is 186 Å². The van der Waals surface area contributed by atoms with Crippen LogP contribution < -0.4 is 10.6 Å². The van der Waals surface area contributed by atoms with Gasteiger partial charge in [-0.1, -0.05) is 30.3 Å². The molecule has 3 rings (SSSR count). The number of aliphatic imine (C=N–C) groups is 1. The fraction of sp³-hybridized carbons (Fsp3) is 0.368. The smallest absolute Gasteiger partial charge is 0.191 e. The van der Waals surface area contributed by atoms with Crippen LogP contribution in [0, 0.1) is 13.8 Å². The third-order valence-electron chi connectivity index (χ3n) is 4.16. The van der Waals surface area contributed by atoms with Crippen molar-refractivity contribution in [2.45, 2.75) is 33.4 Å². The van der Waals surface area contributed by atoms with Gasteiger partial charge >= 0.3 is 0 Å². The number of halogens is 1. The molecule has 0 atom stereocenters. The van der Waals surface area contributed by atoms with Gasteiger partial charge in [-0.25, -0.2) is 9.98 Å². The van der Waals surface area contributed by atoms with Gasteiger partial charge in [0, 0.05) is 31.1 Å². The number of nitrogens with one attached hydrogen (secondary N) is 2. The molecule has 0 saturated heterocycles. The fourth-order valence-electron chi connectivity index (χ4n) is 2.50. The lowest BCUT2D eigenvalue weighted by atomic mass is 10.2. The number of hydrogen-bond acceptors (Lipinski definition) is 5. The van der Waals surface area contributed by atoms with Crippen LogP contribution in [0.1, 0.15) is 27.1 Å². The van der Waals surface area contributed by atoms with Gasteiger partial charge in [-0.2, -0.15) is 0 Å². The van der Waals surface area contributed by atoms with Crippen molar-refractivity contribution >= 4 is 41.3 Å². The Morgan fingerprint density at radius 3 is 2.57 bits per heavy atom. The number of aryl methyl sites for hydroxylation is 2. The second kappa shape index (κ2) is 11.1. The van der Waals surface area contributed by atoms with Crippen molar-refractivity contribution in [1.82, 2.24) is 30.4 Å². The van der Waals surface area contributed by atoms with E-state index in [1.807, 2.05) is 42.9 Å². The molecule has 0 radical (unpaired) electrons. The molecule has 2 aromatic heterocycles. The summed E-state index contributed by atoms with van der Waals surface area (Å²) in [5.41, 5.74) is 1.17. The first kappa shape index (κ1) is 22.3. The molecule has 7 nitrogen and oxygen atoms in total. The van der Waals surface area contributed by atoms with E-state index in [0.29, 0.717) is 13.1 Å². The van der Waals surface area contributed by atoms with Gasteiger partial charge in [0.2, 0.25) is 0 Å². The normalized spacial score (nSPS) is 11.2. The number of rotatable bonds is 7. The summed E-state index contributed by atoms with van der Waals surface area (Å²) >= 11 is 1.73. The van der Waals surface area contributed by atoms with Crippen LogP contribution in [0.4, 0.5) is 0 Å². The third kappa shape index (κ3) is 6.55. The van der Waals surface area contributed by atoms with Gasteiger partial charge in [-0.15, -0.1) is 45.5 Å². The van der Waals surface area contributed by atoms with Crippen molar-refractivity contribution in [3.8, 4) is 0 Å². The van der Waals surface area contributed by atoms with E-state index in [1.54, 1.807) is 11.3 Å². The van der Waals surface area contributed by atoms with Crippen LogP contribution in [0.15, 0.2) is 41.5 Å². The van der Waals surface area contributed by atoms with E-state index in [2.05, 4.69) is 44.9 Å². The lowest BCUT2D eigenvalue weighted by Gasteiger charge is -2.12. The van der Waals surface area contributed by atoms with Crippen LogP contribution in [0.3, 0.4) is 0 Å². The van der Waals surface area contributed by atoms with E-state index in [-0.39, 0.29) is 24.0 Å². The molecule has 2 heterocycles. The first-order valence-electron chi connectivity index (χ1n) is 8.94. The predicted octanol–water partition coefficient (Wildman–Crippen LogP) is 2.98. The molecular weight excluding hydrogens is 485 g/mol. The molecule has 0 saturated carbocycles. The first-order valence-corrected chi connectivity index (χ1v) is 9.76. The van der Waals surface area contributed by atoms with Crippen LogP contribution in [0.5, 0.6) is 0 Å². The Hall–Kier alpha value is -2.01. The summed E-state index contributed by atoms with van der Waals surface area (Å²) in [4.78, 5) is 10.3. The molecule has 150 valence electrons. The van der Waals surface area contributed by atoms with E-state index in [4.69, 9.17) is 4.99 Å². The van der Waals surface area contributed by atoms with Gasteiger partial charge < -0.3 is 15.2 Å². The van der Waals surface area contributed by atoms with Crippen molar-refractivity contribution in [2.24, 2.45) is 12.0 Å². The molecule has 0 fully saturated rings. The van der Waals surface area contributed by atoms with Gasteiger partial charge in [-0.3, -0.25) is 0 Å². The Balaban J connectivity index is 0.00000280. The highest BCUT2D eigenvalue weighted by molar-refractivity contribution is 14.0. The highest BCUT2D eigenvalue weighted by Crippen LogP contribution is 2.11. The average Bonchev–Trinajstić information content (AvgIpc) is 3.24. The van der Waals surface area contributed by atoms with Gasteiger partial charge in [0.15, 0.2) is 11.8 Å². The third-order valence-corrected chi connectivity index (χ3v) is 5.13. The molecule has 0 aliphatic rings. The molecular formula is C19H26IN7S. The maximum atomic E-state index is 4.70. The van der Waals surface area contributed by atoms with Crippen LogP contribution in [0.2, 0.25) is 0 Å². The largest absolute Gasteiger partial charge is 0.356 e. The molecule has 0 aliphatic carbocycles. The zero-order valence-corrected chi connectivity index (χ0v) is 19.5. The summed E-state index contributed by atoms with van der Waals surface area (Å²) in [5.74, 6) is 2.52. The number of benzene rings is 1. The highest BCUT2D eigenvalue weighted by atomic mass is 127. The van der Waals surface area contributed by atoms with Crippen LogP contribution >= 0.6 is 35.3 Å². The maximum Gasteiger partial charge on any atom is 0.191 e. The second-order valence-electron chi connectivity index (χ2n) is 6.27. The fourth-order valence-corrected chi connectivity index (χ4v) is 3.29. The summed E-state index contributed by atoms with van der Waals surface area (Å²) in [6, 6.07) is 10.2. The quantitative estimate of drug-likeness (QED) is 0.290. The Kier molecular flexibility index (Phi) is 8.84. The first-order chi connectivity index (χ1) is 13.1. The summed E-state index contributed by atoms with van der Waals surface area (Å²) < 4.78 is 1.97. The average molecular weight is 511 g/mol. The molecule has 1 aromatic carbocycles. The minimum absolute atomic E-state index is 0. The number of aromatic nitrogens is 4. The summed E-state index contributed by atoms with van der Waals surface area (Å²) in [7, 11) is 1.96. The summed E-state index contributed by atoms with van der Waals surface area (Å²) in [6.07, 6.45) is 2.78. The van der Waals surface area contributed by atoms with E-state index in [1.165, 1.54) is 10.4 Å². The van der Waals surface area contributed by atoms with Crippen molar-refractivity contribution in [3.05, 3.63) is 63.6 Å². The van der Waals surface area contributed by atoms with Crippen LogP contribution in [-0.4, -0.2) is 32.3 Å². The Morgan fingerprint density at radius 2 is 1.93 bits per heavy atom. The number of thiazole rings is 1. The van der Waals surface area contributed by atoms with Crippen molar-refractivity contribution in [2.75, 3.05) is 6.54 Å². The lowest BCUT2D eigenvalue weighted by Crippen LogP contribution is -2.38. The van der Waals surface area contributed by atoms with Gasteiger partial charge in [0.1, 0.15) is 5.82 Å². The molecule has 2 N–H and O–H groups in total.